The Hall–Kier alpha value is -2.94. The molecule has 10 heteroatoms. The summed E-state index contributed by atoms with van der Waals surface area (Å²) in [6, 6.07) is 10.2. The fraction of sp³-hybridized carbons (Fsp3) is 0.0952. The number of halogens is 3. The number of ether oxygens (including phenoxy) is 1. The molecule has 160 valence electrons. The highest BCUT2D eigenvalue weighted by atomic mass is 35.5. The van der Waals surface area contributed by atoms with Crippen LogP contribution in [0.2, 0.25) is 10.0 Å². The van der Waals surface area contributed by atoms with Crippen molar-refractivity contribution >= 4 is 63.0 Å². The molecule has 0 unspecified atom stereocenters. The van der Waals surface area contributed by atoms with Gasteiger partial charge in [0.1, 0.15) is 10.8 Å². The van der Waals surface area contributed by atoms with Gasteiger partial charge in [0.05, 0.1) is 38.8 Å². The maximum atomic E-state index is 14.0. The third-order valence-electron chi connectivity index (χ3n) is 4.29. The quantitative estimate of drug-likeness (QED) is 0.452. The second-order valence-electron chi connectivity index (χ2n) is 6.24. The molecule has 0 aliphatic heterocycles. The first-order valence-corrected chi connectivity index (χ1v) is 10.3. The number of carbonyl (C=O) groups is 3. The molecule has 2 N–H and O–H groups in total. The van der Waals surface area contributed by atoms with E-state index in [0.29, 0.717) is 0 Å². The number of thiophene rings is 1. The number of methoxy groups -OCH3 is 1. The van der Waals surface area contributed by atoms with Crippen molar-refractivity contribution in [2.45, 2.75) is 6.92 Å². The average Bonchev–Trinajstić information content (AvgIpc) is 3.07. The van der Waals surface area contributed by atoms with Crippen LogP contribution in [0.15, 0.2) is 42.5 Å². The molecule has 0 saturated heterocycles. The first-order valence-electron chi connectivity index (χ1n) is 8.77. The molecule has 3 rings (SSSR count). The number of amides is 2. The summed E-state index contributed by atoms with van der Waals surface area (Å²) in [5.74, 6) is -2.81. The van der Waals surface area contributed by atoms with E-state index >= 15 is 0 Å². The Bertz CT molecular complexity index is 1200. The molecule has 0 radical (unpaired) electrons. The van der Waals surface area contributed by atoms with Crippen LogP contribution in [0.4, 0.5) is 15.1 Å². The van der Waals surface area contributed by atoms with Gasteiger partial charge in [0, 0.05) is 0 Å². The van der Waals surface area contributed by atoms with E-state index in [2.05, 4.69) is 10.6 Å². The number of rotatable bonds is 5. The molecule has 1 heterocycles. The van der Waals surface area contributed by atoms with E-state index in [-0.39, 0.29) is 42.3 Å². The van der Waals surface area contributed by atoms with E-state index in [4.69, 9.17) is 27.9 Å². The first kappa shape index (κ1) is 22.7. The summed E-state index contributed by atoms with van der Waals surface area (Å²) in [4.78, 5) is 37.9. The van der Waals surface area contributed by atoms with Gasteiger partial charge in [-0.2, -0.15) is 0 Å². The van der Waals surface area contributed by atoms with Crippen LogP contribution >= 0.6 is 34.5 Å². The van der Waals surface area contributed by atoms with Crippen LogP contribution in [-0.2, 0) is 4.74 Å². The second-order valence-corrected chi connectivity index (χ2v) is 8.05. The molecule has 2 amide bonds. The minimum absolute atomic E-state index is 0.000435. The number of hydrogen-bond donors (Lipinski definition) is 2. The van der Waals surface area contributed by atoms with E-state index < -0.39 is 23.6 Å². The summed E-state index contributed by atoms with van der Waals surface area (Å²) in [7, 11) is 1.17. The van der Waals surface area contributed by atoms with Crippen LogP contribution in [-0.4, -0.2) is 24.9 Å². The molecular weight excluding hydrogens is 466 g/mol. The smallest absolute Gasteiger partial charge is 0.341 e. The Kier molecular flexibility index (Phi) is 6.94. The Morgan fingerprint density at radius 3 is 2.39 bits per heavy atom. The highest BCUT2D eigenvalue weighted by Crippen LogP contribution is 2.36. The van der Waals surface area contributed by atoms with Gasteiger partial charge >= 0.3 is 5.97 Å². The summed E-state index contributed by atoms with van der Waals surface area (Å²) >= 11 is 12.9. The van der Waals surface area contributed by atoms with E-state index in [9.17, 15) is 18.8 Å². The van der Waals surface area contributed by atoms with Crippen molar-refractivity contribution in [2.24, 2.45) is 0 Å². The van der Waals surface area contributed by atoms with Crippen molar-refractivity contribution in [3.05, 3.63) is 79.9 Å². The van der Waals surface area contributed by atoms with Crippen LogP contribution in [0.25, 0.3) is 0 Å². The molecule has 3 aromatic rings. The molecule has 0 saturated carbocycles. The van der Waals surface area contributed by atoms with E-state index in [1.54, 1.807) is 18.2 Å². The molecule has 0 spiro atoms. The minimum atomic E-state index is -0.769. The second kappa shape index (κ2) is 9.47. The van der Waals surface area contributed by atoms with Crippen LogP contribution < -0.4 is 10.6 Å². The average molecular weight is 481 g/mol. The maximum Gasteiger partial charge on any atom is 0.341 e. The molecule has 0 bridgehead atoms. The number of esters is 1. The summed E-state index contributed by atoms with van der Waals surface area (Å²) in [6.07, 6.45) is 0. The van der Waals surface area contributed by atoms with Crippen molar-refractivity contribution in [3.8, 4) is 0 Å². The van der Waals surface area contributed by atoms with Crippen molar-refractivity contribution in [1.29, 1.82) is 0 Å². The lowest BCUT2D eigenvalue weighted by Crippen LogP contribution is -2.15. The summed E-state index contributed by atoms with van der Waals surface area (Å²) in [6.45, 7) is 1.54. The van der Waals surface area contributed by atoms with Crippen molar-refractivity contribution in [2.75, 3.05) is 17.7 Å². The normalized spacial score (nSPS) is 10.5. The molecule has 31 heavy (non-hydrogen) atoms. The lowest BCUT2D eigenvalue weighted by molar-refractivity contribution is 0.0601. The van der Waals surface area contributed by atoms with E-state index in [0.717, 1.165) is 17.4 Å². The Labute approximate surface area is 190 Å². The van der Waals surface area contributed by atoms with Crippen LogP contribution in [0.3, 0.4) is 0 Å². The zero-order chi connectivity index (χ0) is 22.7. The monoisotopic (exact) mass is 480 g/mol. The number of benzene rings is 2. The zero-order valence-corrected chi connectivity index (χ0v) is 18.5. The topological polar surface area (TPSA) is 84.5 Å². The van der Waals surface area contributed by atoms with Crippen molar-refractivity contribution < 1.29 is 23.5 Å². The van der Waals surface area contributed by atoms with Crippen LogP contribution in [0.1, 0.15) is 36.0 Å². The number of nitrogens with one attached hydrogen (secondary N) is 2. The van der Waals surface area contributed by atoms with E-state index in [1.165, 1.54) is 32.2 Å². The van der Waals surface area contributed by atoms with Gasteiger partial charge in [0.2, 0.25) is 0 Å². The number of hydrogen-bond acceptors (Lipinski definition) is 5. The van der Waals surface area contributed by atoms with Gasteiger partial charge in [-0.25, -0.2) is 9.18 Å². The third-order valence-corrected chi connectivity index (χ3v) is 6.31. The predicted molar refractivity (Wildman–Crippen MR) is 119 cm³/mol. The van der Waals surface area contributed by atoms with Crippen LogP contribution in [0.5, 0.6) is 0 Å². The molecule has 0 atom stereocenters. The van der Waals surface area contributed by atoms with Crippen molar-refractivity contribution in [1.82, 2.24) is 0 Å². The number of anilines is 2. The highest BCUT2D eigenvalue weighted by Gasteiger charge is 2.27. The largest absolute Gasteiger partial charge is 0.465 e. The lowest BCUT2D eigenvalue weighted by Gasteiger charge is -2.07. The Morgan fingerprint density at radius 2 is 1.71 bits per heavy atom. The zero-order valence-electron chi connectivity index (χ0n) is 16.2. The SMILES string of the molecule is COC(=O)c1c(NC(=O)c2ccccc2F)sc(C(=O)Nc2cccc(Cl)c2Cl)c1C. The van der Waals surface area contributed by atoms with Crippen molar-refractivity contribution in [3.63, 3.8) is 0 Å². The summed E-state index contributed by atoms with van der Waals surface area (Å²) in [5.41, 5.74) is 0.362. The fourth-order valence-electron chi connectivity index (χ4n) is 2.76. The van der Waals surface area contributed by atoms with Gasteiger partial charge in [0.15, 0.2) is 0 Å². The summed E-state index contributed by atoms with van der Waals surface area (Å²) in [5, 5.41) is 5.60. The van der Waals surface area contributed by atoms with E-state index in [1.807, 2.05) is 0 Å². The number of carbonyl (C=O) groups excluding carboxylic acids is 3. The molecule has 6 nitrogen and oxygen atoms in total. The van der Waals surface area contributed by atoms with Gasteiger partial charge in [0.25, 0.3) is 11.8 Å². The predicted octanol–water partition coefficient (Wildman–Crippen LogP) is 5.79. The molecule has 0 fully saturated rings. The molecule has 1 aromatic heterocycles. The van der Waals surface area contributed by atoms with Gasteiger partial charge in [-0.3, -0.25) is 9.59 Å². The summed E-state index contributed by atoms with van der Waals surface area (Å²) < 4.78 is 18.7. The molecule has 0 aliphatic rings. The minimum Gasteiger partial charge on any atom is -0.465 e. The van der Waals surface area contributed by atoms with Gasteiger partial charge in [-0.05, 0) is 36.8 Å². The highest BCUT2D eigenvalue weighted by molar-refractivity contribution is 7.19. The Morgan fingerprint density at radius 1 is 1.00 bits per heavy atom. The molecular formula is C21H15Cl2FN2O4S. The fourth-order valence-corrected chi connectivity index (χ4v) is 4.19. The standard InChI is InChI=1S/C21H15Cl2FN2O4S/c1-10-15(21(29)30-2)20(26-18(27)11-6-3-4-8-13(11)24)31-17(10)19(28)25-14-9-5-7-12(22)16(14)23/h3-9H,1-2H3,(H,25,28)(H,26,27). The molecule has 2 aromatic carbocycles. The first-order chi connectivity index (χ1) is 14.7. The van der Waals surface area contributed by atoms with Gasteiger partial charge in [-0.15, -0.1) is 11.3 Å². The lowest BCUT2D eigenvalue weighted by atomic mass is 10.1. The van der Waals surface area contributed by atoms with Gasteiger partial charge in [-0.1, -0.05) is 41.4 Å². The van der Waals surface area contributed by atoms with Gasteiger partial charge < -0.3 is 15.4 Å². The molecule has 0 aliphatic carbocycles. The maximum absolute atomic E-state index is 14.0. The van der Waals surface area contributed by atoms with Crippen LogP contribution in [0, 0.1) is 12.7 Å². The Balaban J connectivity index is 1.97. The third kappa shape index (κ3) is 4.71.